The van der Waals surface area contributed by atoms with E-state index in [2.05, 4.69) is 19.2 Å². The molecule has 0 radical (unpaired) electrons. The first-order valence-corrected chi connectivity index (χ1v) is 4.11. The molecule has 0 aromatic heterocycles. The zero-order valence-corrected chi connectivity index (χ0v) is 7.78. The maximum Gasteiger partial charge on any atom is 0.0514 e. The summed E-state index contributed by atoms with van der Waals surface area (Å²) >= 11 is 0. The van der Waals surface area contributed by atoms with Crippen LogP contribution in [0, 0.1) is 0 Å². The molecule has 0 aliphatic heterocycles. The Morgan fingerprint density at radius 3 is 1.60 bits per heavy atom. The Kier molecular flexibility index (Phi) is 14.7. The molecule has 0 fully saturated rings. The van der Waals surface area contributed by atoms with Gasteiger partial charge in [0.2, 0.25) is 0 Å². The van der Waals surface area contributed by atoms with Crippen LogP contribution in [-0.2, 0) is 0 Å². The van der Waals surface area contributed by atoms with Crippen LogP contribution in [0.3, 0.4) is 0 Å². The summed E-state index contributed by atoms with van der Waals surface area (Å²) in [5, 5.41) is 2.81. The van der Waals surface area contributed by atoms with E-state index in [1.165, 1.54) is 19.3 Å². The lowest BCUT2D eigenvalue weighted by molar-refractivity contribution is 0.639. The van der Waals surface area contributed by atoms with Gasteiger partial charge in [0, 0.05) is 0 Å². The van der Waals surface area contributed by atoms with E-state index < -0.39 is 0 Å². The number of unbranched alkanes of at least 4 members (excludes halogenated alkanes) is 2. The van der Waals surface area contributed by atoms with Crippen LogP contribution in [0.1, 0.15) is 40.0 Å². The van der Waals surface area contributed by atoms with Gasteiger partial charge < -0.3 is 11.1 Å². The van der Waals surface area contributed by atoms with E-state index in [-0.39, 0.29) is 6.17 Å². The fraction of sp³-hybridized carbons (Fsp3) is 1.00. The second-order valence-electron chi connectivity index (χ2n) is 2.43. The van der Waals surface area contributed by atoms with E-state index in [0.717, 1.165) is 0 Å². The number of rotatable bonds is 3. The summed E-state index contributed by atoms with van der Waals surface area (Å²) in [5.74, 6) is 0. The van der Waals surface area contributed by atoms with Crippen molar-refractivity contribution < 1.29 is 0 Å². The van der Waals surface area contributed by atoms with Crippen LogP contribution in [0.25, 0.3) is 0 Å². The zero-order valence-electron chi connectivity index (χ0n) is 7.78. The Morgan fingerprint density at radius 2 is 1.60 bits per heavy atom. The SMILES string of the molecule is CCCCC.CNC(C)N. The number of nitrogens with one attached hydrogen (secondary N) is 1. The molecule has 0 aromatic rings. The van der Waals surface area contributed by atoms with Gasteiger partial charge in [0.15, 0.2) is 0 Å². The Labute approximate surface area is 65.2 Å². The second kappa shape index (κ2) is 11.7. The van der Waals surface area contributed by atoms with Gasteiger partial charge in [-0.1, -0.05) is 33.1 Å². The predicted molar refractivity (Wildman–Crippen MR) is 47.9 cm³/mol. The highest BCUT2D eigenvalue weighted by Crippen LogP contribution is 1.88. The molecule has 10 heavy (non-hydrogen) atoms. The van der Waals surface area contributed by atoms with Crippen LogP contribution >= 0.6 is 0 Å². The molecule has 0 rings (SSSR count). The second-order valence-corrected chi connectivity index (χ2v) is 2.43. The molecule has 0 aliphatic carbocycles. The van der Waals surface area contributed by atoms with Gasteiger partial charge in [0.25, 0.3) is 0 Å². The molecule has 1 unspecified atom stereocenters. The Hall–Kier alpha value is -0.0800. The molecule has 0 bridgehead atoms. The monoisotopic (exact) mass is 146 g/mol. The van der Waals surface area contributed by atoms with E-state index >= 15 is 0 Å². The summed E-state index contributed by atoms with van der Waals surface area (Å²) in [6, 6.07) is 0. The van der Waals surface area contributed by atoms with E-state index in [9.17, 15) is 0 Å². The van der Waals surface area contributed by atoms with Gasteiger partial charge in [0.05, 0.1) is 6.17 Å². The van der Waals surface area contributed by atoms with Crippen molar-refractivity contribution in [2.75, 3.05) is 7.05 Å². The molecule has 0 aliphatic rings. The molecular formula is C8H22N2. The smallest absolute Gasteiger partial charge is 0.0514 e. The lowest BCUT2D eigenvalue weighted by Gasteiger charge is -1.96. The highest BCUT2D eigenvalue weighted by molar-refractivity contribution is 4.37. The Balaban J connectivity index is 0. The highest BCUT2D eigenvalue weighted by atomic mass is 15.0. The molecule has 0 heterocycles. The fourth-order valence-corrected chi connectivity index (χ4v) is 0.354. The van der Waals surface area contributed by atoms with Crippen LogP contribution in [0.15, 0.2) is 0 Å². The molecule has 0 saturated carbocycles. The van der Waals surface area contributed by atoms with Gasteiger partial charge in [-0.15, -0.1) is 0 Å². The quantitative estimate of drug-likeness (QED) is 0.595. The molecule has 0 amide bonds. The fourth-order valence-electron chi connectivity index (χ4n) is 0.354. The first-order valence-electron chi connectivity index (χ1n) is 4.11. The van der Waals surface area contributed by atoms with Crippen molar-refractivity contribution >= 4 is 0 Å². The largest absolute Gasteiger partial charge is 0.316 e. The maximum atomic E-state index is 5.18. The van der Waals surface area contributed by atoms with Crippen LogP contribution in [0.5, 0.6) is 0 Å². The normalized spacial score (nSPS) is 11.7. The van der Waals surface area contributed by atoms with Crippen molar-refractivity contribution in [1.29, 1.82) is 0 Å². The van der Waals surface area contributed by atoms with Crippen LogP contribution in [0.2, 0.25) is 0 Å². The number of hydrogen-bond acceptors (Lipinski definition) is 2. The third kappa shape index (κ3) is 24.7. The van der Waals surface area contributed by atoms with Gasteiger partial charge >= 0.3 is 0 Å². The minimum atomic E-state index is 0.134. The minimum Gasteiger partial charge on any atom is -0.316 e. The van der Waals surface area contributed by atoms with Crippen LogP contribution < -0.4 is 11.1 Å². The standard InChI is InChI=1S/C5H12.C3H10N2/c1-3-5-4-2;1-3(4)5-2/h3-5H2,1-2H3;3,5H,4H2,1-2H3. The summed E-state index contributed by atoms with van der Waals surface area (Å²) in [6.45, 7) is 6.31. The summed E-state index contributed by atoms with van der Waals surface area (Å²) in [4.78, 5) is 0. The summed E-state index contributed by atoms with van der Waals surface area (Å²) in [7, 11) is 1.82. The van der Waals surface area contributed by atoms with Gasteiger partial charge in [0.1, 0.15) is 0 Å². The van der Waals surface area contributed by atoms with Gasteiger partial charge in [-0.3, -0.25) is 0 Å². The molecular weight excluding hydrogens is 124 g/mol. The number of nitrogens with two attached hydrogens (primary N) is 1. The first-order chi connectivity index (χ1) is 4.68. The summed E-state index contributed by atoms with van der Waals surface area (Å²) < 4.78 is 0. The van der Waals surface area contributed by atoms with Crippen LogP contribution in [0.4, 0.5) is 0 Å². The predicted octanol–water partition coefficient (Wildman–Crippen LogP) is 1.71. The van der Waals surface area contributed by atoms with Gasteiger partial charge in [-0.25, -0.2) is 0 Å². The van der Waals surface area contributed by atoms with E-state index in [4.69, 9.17) is 5.73 Å². The zero-order chi connectivity index (χ0) is 8.41. The van der Waals surface area contributed by atoms with Crippen molar-refractivity contribution in [1.82, 2.24) is 5.32 Å². The Bertz CT molecular complexity index is 42.5. The van der Waals surface area contributed by atoms with Crippen molar-refractivity contribution in [2.45, 2.75) is 46.2 Å². The molecule has 64 valence electrons. The molecule has 0 spiro atoms. The average molecular weight is 146 g/mol. The minimum absolute atomic E-state index is 0.134. The molecule has 3 N–H and O–H groups in total. The van der Waals surface area contributed by atoms with E-state index in [1.807, 2.05) is 14.0 Å². The van der Waals surface area contributed by atoms with Crippen molar-refractivity contribution in [3.05, 3.63) is 0 Å². The van der Waals surface area contributed by atoms with Gasteiger partial charge in [-0.2, -0.15) is 0 Å². The molecule has 2 nitrogen and oxygen atoms in total. The van der Waals surface area contributed by atoms with E-state index in [1.54, 1.807) is 0 Å². The first kappa shape index (κ1) is 12.6. The number of hydrogen-bond donors (Lipinski definition) is 2. The summed E-state index contributed by atoms with van der Waals surface area (Å²) in [6.07, 6.45) is 4.21. The van der Waals surface area contributed by atoms with Gasteiger partial charge in [-0.05, 0) is 14.0 Å². The summed E-state index contributed by atoms with van der Waals surface area (Å²) in [5.41, 5.74) is 5.18. The molecule has 1 atom stereocenters. The topological polar surface area (TPSA) is 38.0 Å². The third-order valence-corrected chi connectivity index (χ3v) is 1.16. The van der Waals surface area contributed by atoms with Crippen LogP contribution in [-0.4, -0.2) is 13.2 Å². The molecule has 0 aromatic carbocycles. The Morgan fingerprint density at radius 1 is 1.30 bits per heavy atom. The third-order valence-electron chi connectivity index (χ3n) is 1.16. The lowest BCUT2D eigenvalue weighted by atomic mass is 10.3. The van der Waals surface area contributed by atoms with Crippen molar-refractivity contribution in [3.63, 3.8) is 0 Å². The molecule has 0 saturated heterocycles. The molecule has 2 heteroatoms. The highest BCUT2D eigenvalue weighted by Gasteiger charge is 1.76. The average Bonchev–Trinajstić information content (AvgIpc) is 1.91. The maximum absolute atomic E-state index is 5.18. The van der Waals surface area contributed by atoms with Crippen molar-refractivity contribution in [2.24, 2.45) is 5.73 Å². The lowest BCUT2D eigenvalue weighted by Crippen LogP contribution is -2.30. The van der Waals surface area contributed by atoms with E-state index in [0.29, 0.717) is 0 Å². The van der Waals surface area contributed by atoms with Crippen molar-refractivity contribution in [3.8, 4) is 0 Å².